The van der Waals surface area contributed by atoms with E-state index in [9.17, 15) is 13.2 Å². The van der Waals surface area contributed by atoms with Crippen LogP contribution < -0.4 is 10.6 Å². The molecule has 0 saturated heterocycles. The molecular weight excluding hydrogens is 285 g/mol. The van der Waals surface area contributed by atoms with Gasteiger partial charge in [-0.25, -0.2) is 13.2 Å². The van der Waals surface area contributed by atoms with Gasteiger partial charge in [0.2, 0.25) is 0 Å². The Morgan fingerprint density at radius 2 is 1.85 bits per heavy atom. The van der Waals surface area contributed by atoms with Crippen LogP contribution in [0.4, 0.5) is 18.9 Å². The molecule has 0 bridgehead atoms. The molecule has 0 radical (unpaired) electrons. The third-order valence-corrected chi connectivity index (χ3v) is 3.93. The number of rotatable bonds is 2. The van der Waals surface area contributed by atoms with Crippen LogP contribution in [0.1, 0.15) is 32.6 Å². The van der Waals surface area contributed by atoms with Crippen molar-refractivity contribution in [2.45, 2.75) is 38.6 Å². The number of benzene rings is 1. The van der Waals surface area contributed by atoms with Gasteiger partial charge in [0, 0.05) is 6.04 Å². The summed E-state index contributed by atoms with van der Waals surface area (Å²) in [6.45, 7) is 2.14. The molecule has 1 fully saturated rings. The lowest BCUT2D eigenvalue weighted by Crippen LogP contribution is -2.43. The van der Waals surface area contributed by atoms with Crippen LogP contribution in [0.25, 0.3) is 0 Å². The number of halogens is 3. The summed E-state index contributed by atoms with van der Waals surface area (Å²) < 4.78 is 39.5. The summed E-state index contributed by atoms with van der Waals surface area (Å²) in [6, 6.07) is 2.23. The summed E-state index contributed by atoms with van der Waals surface area (Å²) >= 11 is 5.10. The van der Waals surface area contributed by atoms with E-state index in [1.807, 2.05) is 0 Å². The fourth-order valence-electron chi connectivity index (χ4n) is 2.48. The summed E-state index contributed by atoms with van der Waals surface area (Å²) in [5.74, 6) is -3.49. The molecule has 0 unspecified atom stereocenters. The van der Waals surface area contributed by atoms with Gasteiger partial charge in [-0.05, 0) is 43.1 Å². The molecule has 0 aromatic heterocycles. The minimum atomic E-state index is -1.50. The van der Waals surface area contributed by atoms with Crippen LogP contribution in [0.2, 0.25) is 0 Å². The Kier molecular flexibility index (Phi) is 4.86. The summed E-state index contributed by atoms with van der Waals surface area (Å²) in [7, 11) is 0. The summed E-state index contributed by atoms with van der Waals surface area (Å²) in [6.07, 6.45) is 4.46. The van der Waals surface area contributed by atoms with Crippen LogP contribution in [0.15, 0.2) is 12.1 Å². The van der Waals surface area contributed by atoms with Crippen LogP contribution in [0, 0.1) is 23.4 Å². The monoisotopic (exact) mass is 302 g/mol. The van der Waals surface area contributed by atoms with Crippen molar-refractivity contribution in [3.8, 4) is 0 Å². The summed E-state index contributed by atoms with van der Waals surface area (Å²) in [4.78, 5) is 0. The van der Waals surface area contributed by atoms with Crippen LogP contribution in [0.3, 0.4) is 0 Å². The first-order chi connectivity index (χ1) is 9.49. The second kappa shape index (κ2) is 6.43. The van der Waals surface area contributed by atoms with Gasteiger partial charge in [-0.15, -0.1) is 0 Å². The van der Waals surface area contributed by atoms with Gasteiger partial charge in [0.15, 0.2) is 22.6 Å². The smallest absolute Gasteiger partial charge is 0.196 e. The summed E-state index contributed by atoms with van der Waals surface area (Å²) in [5.41, 5.74) is -0.162. The second-order valence-corrected chi connectivity index (χ2v) is 5.60. The zero-order valence-electron chi connectivity index (χ0n) is 11.2. The van der Waals surface area contributed by atoms with Crippen LogP contribution in [-0.2, 0) is 0 Å². The highest BCUT2D eigenvalue weighted by Gasteiger charge is 2.22. The molecule has 1 aliphatic rings. The first-order valence-corrected chi connectivity index (χ1v) is 7.11. The van der Waals surface area contributed by atoms with Gasteiger partial charge in [-0.1, -0.05) is 19.8 Å². The molecule has 1 saturated carbocycles. The van der Waals surface area contributed by atoms with Gasteiger partial charge >= 0.3 is 0 Å². The number of anilines is 1. The Morgan fingerprint density at radius 1 is 1.15 bits per heavy atom. The standard InChI is InChI=1S/C14H17F3N2S/c1-8-4-2-3-5-10(8)18-14(20)19-11-7-6-9(15)12(16)13(11)17/h6-8,10H,2-5H2,1H3,(H2,18,19,20)/t8-,10+/m1/s1. The fraction of sp³-hybridized carbons (Fsp3) is 0.500. The maximum Gasteiger partial charge on any atom is 0.196 e. The van der Waals surface area contributed by atoms with Crippen molar-refractivity contribution in [3.05, 3.63) is 29.6 Å². The van der Waals surface area contributed by atoms with Gasteiger partial charge in [0.1, 0.15) is 0 Å². The molecule has 2 nitrogen and oxygen atoms in total. The van der Waals surface area contributed by atoms with Crippen molar-refractivity contribution in [1.82, 2.24) is 5.32 Å². The van der Waals surface area contributed by atoms with Crippen molar-refractivity contribution in [2.75, 3.05) is 5.32 Å². The molecule has 0 spiro atoms. The average Bonchev–Trinajstić information content (AvgIpc) is 2.42. The van der Waals surface area contributed by atoms with E-state index in [-0.39, 0.29) is 16.8 Å². The van der Waals surface area contributed by atoms with Crippen molar-refractivity contribution in [3.63, 3.8) is 0 Å². The van der Waals surface area contributed by atoms with E-state index < -0.39 is 17.5 Å². The molecule has 0 aliphatic heterocycles. The van der Waals surface area contributed by atoms with Gasteiger partial charge in [-0.2, -0.15) is 0 Å². The third-order valence-electron chi connectivity index (χ3n) is 3.71. The van der Waals surface area contributed by atoms with Gasteiger partial charge in [-0.3, -0.25) is 0 Å². The Morgan fingerprint density at radius 3 is 2.55 bits per heavy atom. The average molecular weight is 302 g/mol. The molecule has 2 N–H and O–H groups in total. The van der Waals surface area contributed by atoms with Gasteiger partial charge in [0.05, 0.1) is 5.69 Å². The maximum atomic E-state index is 13.5. The number of nitrogens with one attached hydrogen (secondary N) is 2. The van der Waals surface area contributed by atoms with E-state index in [4.69, 9.17) is 12.2 Å². The molecule has 2 rings (SSSR count). The lowest BCUT2D eigenvalue weighted by molar-refractivity contribution is 0.309. The molecule has 6 heteroatoms. The lowest BCUT2D eigenvalue weighted by Gasteiger charge is -2.30. The molecule has 20 heavy (non-hydrogen) atoms. The first-order valence-electron chi connectivity index (χ1n) is 6.70. The highest BCUT2D eigenvalue weighted by Crippen LogP contribution is 2.24. The zero-order valence-corrected chi connectivity index (χ0v) is 12.0. The SMILES string of the molecule is C[C@@H]1CCCC[C@@H]1NC(=S)Nc1ccc(F)c(F)c1F. The first kappa shape index (κ1) is 15.1. The largest absolute Gasteiger partial charge is 0.359 e. The predicted molar refractivity (Wildman–Crippen MR) is 77.1 cm³/mol. The highest BCUT2D eigenvalue weighted by atomic mass is 32.1. The molecule has 2 atom stereocenters. The van der Waals surface area contributed by atoms with Gasteiger partial charge < -0.3 is 10.6 Å². The Bertz CT molecular complexity index is 507. The van der Waals surface area contributed by atoms with Crippen molar-refractivity contribution in [2.24, 2.45) is 5.92 Å². The lowest BCUT2D eigenvalue weighted by atomic mass is 9.86. The zero-order chi connectivity index (χ0) is 14.7. The number of hydrogen-bond donors (Lipinski definition) is 2. The maximum absolute atomic E-state index is 13.5. The van der Waals surface area contributed by atoms with Crippen LogP contribution in [-0.4, -0.2) is 11.2 Å². The van der Waals surface area contributed by atoms with E-state index >= 15 is 0 Å². The Labute approximate surface area is 121 Å². The quantitative estimate of drug-likeness (QED) is 0.638. The molecule has 0 heterocycles. The van der Waals surface area contributed by atoms with Crippen molar-refractivity contribution >= 4 is 23.0 Å². The fourth-order valence-corrected chi connectivity index (χ4v) is 2.74. The molecule has 1 aromatic carbocycles. The Hall–Kier alpha value is -1.30. The van der Waals surface area contributed by atoms with E-state index in [1.165, 1.54) is 6.42 Å². The molecule has 1 aromatic rings. The normalized spacial score (nSPS) is 22.4. The van der Waals surface area contributed by atoms with Crippen molar-refractivity contribution in [1.29, 1.82) is 0 Å². The van der Waals surface area contributed by atoms with Crippen LogP contribution >= 0.6 is 12.2 Å². The molecule has 1 aliphatic carbocycles. The highest BCUT2D eigenvalue weighted by molar-refractivity contribution is 7.80. The Balaban J connectivity index is 1.99. The van der Waals surface area contributed by atoms with Gasteiger partial charge in [0.25, 0.3) is 0 Å². The summed E-state index contributed by atoms with van der Waals surface area (Å²) in [5, 5.41) is 5.93. The number of thiocarbonyl (C=S) groups is 1. The molecular formula is C14H17F3N2S. The minimum absolute atomic E-state index is 0.162. The second-order valence-electron chi connectivity index (χ2n) is 5.19. The third kappa shape index (κ3) is 3.42. The minimum Gasteiger partial charge on any atom is -0.359 e. The molecule has 110 valence electrons. The molecule has 0 amide bonds. The van der Waals surface area contributed by atoms with E-state index in [1.54, 1.807) is 0 Å². The van der Waals surface area contributed by atoms with Crippen molar-refractivity contribution < 1.29 is 13.2 Å². The topological polar surface area (TPSA) is 24.1 Å². The van der Waals surface area contributed by atoms with E-state index in [0.29, 0.717) is 5.92 Å². The number of hydrogen-bond acceptors (Lipinski definition) is 1. The van der Waals surface area contributed by atoms with E-state index in [0.717, 1.165) is 31.4 Å². The van der Waals surface area contributed by atoms with E-state index in [2.05, 4.69) is 17.6 Å². The predicted octanol–water partition coefficient (Wildman–Crippen LogP) is 3.97. The van der Waals surface area contributed by atoms with Crippen LogP contribution in [0.5, 0.6) is 0 Å².